The third-order valence-corrected chi connectivity index (χ3v) is 1.90. The lowest BCUT2D eigenvalue weighted by molar-refractivity contribution is 0.747. The summed E-state index contributed by atoms with van der Waals surface area (Å²) in [7, 11) is 1.83. The summed E-state index contributed by atoms with van der Waals surface area (Å²) in [5.74, 6) is 1.37. The number of aromatic nitrogens is 4. The van der Waals surface area contributed by atoms with Gasteiger partial charge in [-0.2, -0.15) is 5.10 Å². The predicted molar refractivity (Wildman–Crippen MR) is 57.0 cm³/mol. The number of nitrogen functional groups attached to an aromatic ring is 1. The Kier molecular flexibility index (Phi) is 2.49. The van der Waals surface area contributed by atoms with Crippen LogP contribution in [0.3, 0.4) is 0 Å². The molecule has 0 aliphatic heterocycles. The topological polar surface area (TPSA) is 81.7 Å². The molecule has 0 aromatic carbocycles. The Balaban J connectivity index is 2.02. The quantitative estimate of drug-likeness (QED) is 0.756. The highest BCUT2D eigenvalue weighted by Gasteiger charge is 2.01. The first kappa shape index (κ1) is 9.45. The number of anilines is 2. The summed E-state index contributed by atoms with van der Waals surface area (Å²) < 4.78 is 1.65. The molecule has 0 saturated heterocycles. The van der Waals surface area contributed by atoms with Gasteiger partial charge >= 0.3 is 0 Å². The van der Waals surface area contributed by atoms with Crippen LogP contribution in [0, 0.1) is 0 Å². The molecule has 0 bridgehead atoms. The molecule has 2 aromatic rings. The van der Waals surface area contributed by atoms with Crippen LogP contribution in [0.4, 0.5) is 11.5 Å². The number of nitrogens with two attached hydrogens (primary N) is 1. The molecule has 0 spiro atoms. The van der Waals surface area contributed by atoms with E-state index < -0.39 is 0 Å². The van der Waals surface area contributed by atoms with Gasteiger partial charge in [0.05, 0.1) is 12.2 Å². The molecule has 0 radical (unpaired) electrons. The van der Waals surface area contributed by atoms with Crippen molar-refractivity contribution in [2.24, 2.45) is 7.05 Å². The molecule has 0 unspecified atom stereocenters. The number of hydrogen-bond donors (Lipinski definition) is 2. The Bertz CT molecular complexity index is 449. The number of nitrogens with zero attached hydrogens (tertiary/aromatic N) is 4. The number of nitrogens with one attached hydrogen (secondary N) is 1. The molecule has 0 aliphatic carbocycles. The van der Waals surface area contributed by atoms with E-state index in [2.05, 4.69) is 20.4 Å². The first-order valence-electron chi connectivity index (χ1n) is 4.54. The zero-order chi connectivity index (χ0) is 10.7. The number of rotatable bonds is 3. The Morgan fingerprint density at radius 1 is 1.47 bits per heavy atom. The zero-order valence-corrected chi connectivity index (χ0v) is 8.38. The highest BCUT2D eigenvalue weighted by Crippen LogP contribution is 2.13. The van der Waals surface area contributed by atoms with Crippen LogP contribution < -0.4 is 11.1 Å². The van der Waals surface area contributed by atoms with Gasteiger partial charge in [-0.25, -0.2) is 9.97 Å². The largest absolute Gasteiger partial charge is 0.396 e. The maximum absolute atomic E-state index is 5.72. The molecule has 3 N–H and O–H groups in total. The van der Waals surface area contributed by atoms with Gasteiger partial charge in [-0.3, -0.25) is 4.68 Å². The van der Waals surface area contributed by atoms with E-state index in [1.165, 1.54) is 0 Å². The van der Waals surface area contributed by atoms with Crippen LogP contribution in [0.15, 0.2) is 24.7 Å². The molecular formula is C9H12N6. The molecule has 0 atom stereocenters. The second-order valence-electron chi connectivity index (χ2n) is 3.13. The fourth-order valence-corrected chi connectivity index (χ4v) is 1.19. The molecule has 2 heterocycles. The summed E-state index contributed by atoms with van der Waals surface area (Å²) in [4.78, 5) is 8.18. The van der Waals surface area contributed by atoms with Crippen molar-refractivity contribution in [1.29, 1.82) is 0 Å². The van der Waals surface area contributed by atoms with Crippen molar-refractivity contribution >= 4 is 11.5 Å². The Labute approximate surface area is 87.2 Å². The first-order valence-corrected chi connectivity index (χ1v) is 4.54. The molecule has 78 valence electrons. The Morgan fingerprint density at radius 2 is 2.33 bits per heavy atom. The van der Waals surface area contributed by atoms with Crippen molar-refractivity contribution in [2.75, 3.05) is 11.1 Å². The van der Waals surface area contributed by atoms with Gasteiger partial charge in [-0.05, 0) is 12.1 Å². The van der Waals surface area contributed by atoms with Gasteiger partial charge < -0.3 is 11.1 Å². The summed E-state index contributed by atoms with van der Waals surface area (Å²) in [6.07, 6.45) is 3.34. The van der Waals surface area contributed by atoms with Gasteiger partial charge in [0.15, 0.2) is 5.82 Å². The van der Waals surface area contributed by atoms with Crippen molar-refractivity contribution in [3.63, 3.8) is 0 Å². The molecule has 2 rings (SSSR count). The minimum absolute atomic E-state index is 0.516. The van der Waals surface area contributed by atoms with Crippen LogP contribution in [-0.2, 0) is 13.6 Å². The third kappa shape index (κ3) is 2.22. The van der Waals surface area contributed by atoms with E-state index in [9.17, 15) is 0 Å². The van der Waals surface area contributed by atoms with E-state index in [-0.39, 0.29) is 0 Å². The van der Waals surface area contributed by atoms with E-state index in [4.69, 9.17) is 5.73 Å². The molecule has 15 heavy (non-hydrogen) atoms. The summed E-state index contributed by atoms with van der Waals surface area (Å²) in [6.45, 7) is 0.516. The number of aryl methyl sites for hydroxylation is 1. The average molecular weight is 204 g/mol. The van der Waals surface area contributed by atoms with Crippen LogP contribution >= 0.6 is 0 Å². The van der Waals surface area contributed by atoms with E-state index in [0.29, 0.717) is 23.9 Å². The predicted octanol–water partition coefficient (Wildman–Crippen LogP) is 0.404. The van der Waals surface area contributed by atoms with Gasteiger partial charge in [-0.15, -0.1) is 0 Å². The smallest absolute Gasteiger partial charge is 0.169 e. The second-order valence-corrected chi connectivity index (χ2v) is 3.13. The lowest BCUT2D eigenvalue weighted by atomic mass is 10.4. The standard InChI is InChI=1S/C9H12N6/c1-15-6-13-8(14-15)5-12-9-7(10)3-2-4-11-9/h2-4,6H,5,10H2,1H3,(H,11,12). The molecule has 6 heteroatoms. The van der Waals surface area contributed by atoms with Crippen molar-refractivity contribution in [1.82, 2.24) is 19.7 Å². The highest BCUT2D eigenvalue weighted by molar-refractivity contribution is 5.60. The van der Waals surface area contributed by atoms with Crippen molar-refractivity contribution < 1.29 is 0 Å². The molecule has 0 amide bonds. The highest BCUT2D eigenvalue weighted by atomic mass is 15.3. The molecule has 2 aromatic heterocycles. The fourth-order valence-electron chi connectivity index (χ4n) is 1.19. The van der Waals surface area contributed by atoms with E-state index in [1.807, 2.05) is 7.05 Å². The maximum atomic E-state index is 5.72. The summed E-state index contributed by atoms with van der Waals surface area (Å²) in [5, 5.41) is 7.20. The summed E-state index contributed by atoms with van der Waals surface area (Å²) in [5.41, 5.74) is 6.34. The molecular weight excluding hydrogens is 192 g/mol. The van der Waals surface area contributed by atoms with Gasteiger partial charge in [0, 0.05) is 13.2 Å². The first-order chi connectivity index (χ1) is 7.25. The van der Waals surface area contributed by atoms with Crippen LogP contribution in [0.1, 0.15) is 5.82 Å². The third-order valence-electron chi connectivity index (χ3n) is 1.90. The summed E-state index contributed by atoms with van der Waals surface area (Å²) >= 11 is 0. The molecule has 0 aliphatic rings. The van der Waals surface area contributed by atoms with Crippen molar-refractivity contribution in [2.45, 2.75) is 6.54 Å². The normalized spacial score (nSPS) is 10.2. The Hall–Kier alpha value is -2.11. The van der Waals surface area contributed by atoms with E-state index in [0.717, 1.165) is 0 Å². The van der Waals surface area contributed by atoms with E-state index >= 15 is 0 Å². The molecule has 0 saturated carbocycles. The van der Waals surface area contributed by atoms with Crippen LogP contribution in [0.25, 0.3) is 0 Å². The zero-order valence-electron chi connectivity index (χ0n) is 8.38. The second kappa shape index (κ2) is 3.95. The van der Waals surface area contributed by atoms with Crippen molar-refractivity contribution in [3.05, 3.63) is 30.5 Å². The minimum atomic E-state index is 0.516. The van der Waals surface area contributed by atoms with Crippen LogP contribution in [0.2, 0.25) is 0 Å². The Morgan fingerprint density at radius 3 is 3.00 bits per heavy atom. The van der Waals surface area contributed by atoms with Crippen LogP contribution in [0.5, 0.6) is 0 Å². The van der Waals surface area contributed by atoms with E-state index in [1.54, 1.807) is 29.3 Å². The van der Waals surface area contributed by atoms with Gasteiger partial charge in [0.1, 0.15) is 12.1 Å². The number of pyridine rings is 1. The molecule has 0 fully saturated rings. The van der Waals surface area contributed by atoms with Crippen LogP contribution in [-0.4, -0.2) is 19.7 Å². The SMILES string of the molecule is Cn1cnc(CNc2ncccc2N)n1. The van der Waals surface area contributed by atoms with Gasteiger partial charge in [0.25, 0.3) is 0 Å². The minimum Gasteiger partial charge on any atom is -0.396 e. The van der Waals surface area contributed by atoms with Crippen molar-refractivity contribution in [3.8, 4) is 0 Å². The fraction of sp³-hybridized carbons (Fsp3) is 0.222. The maximum Gasteiger partial charge on any atom is 0.169 e. The summed E-state index contributed by atoms with van der Waals surface area (Å²) in [6, 6.07) is 3.58. The average Bonchev–Trinajstić information content (AvgIpc) is 2.63. The molecule has 6 nitrogen and oxygen atoms in total. The van der Waals surface area contributed by atoms with Gasteiger partial charge in [0.2, 0.25) is 0 Å². The van der Waals surface area contributed by atoms with Gasteiger partial charge in [-0.1, -0.05) is 0 Å². The number of hydrogen-bond acceptors (Lipinski definition) is 5. The monoisotopic (exact) mass is 204 g/mol. The lowest BCUT2D eigenvalue weighted by Crippen LogP contribution is -2.05. The lowest BCUT2D eigenvalue weighted by Gasteiger charge is -2.04.